The van der Waals surface area contributed by atoms with Gasteiger partial charge in [0, 0.05) is 30.9 Å². The standard InChI is InChI=1S/C21H23FN2O3S/c1-15-5-6-17(22)14-19(15)21(25)24-12-9-16-13-18(7-8-20(16)24)28(26,27)23-10-3-2-4-11-23/h5-8,13-14H,2-4,9-12H2,1H3. The van der Waals surface area contributed by atoms with Gasteiger partial charge in [-0.15, -0.1) is 0 Å². The molecule has 1 amide bonds. The lowest BCUT2D eigenvalue weighted by Gasteiger charge is -2.26. The van der Waals surface area contributed by atoms with E-state index >= 15 is 0 Å². The van der Waals surface area contributed by atoms with Crippen LogP contribution in [0.1, 0.15) is 40.7 Å². The van der Waals surface area contributed by atoms with E-state index in [2.05, 4.69) is 0 Å². The molecule has 0 aliphatic carbocycles. The van der Waals surface area contributed by atoms with Gasteiger partial charge >= 0.3 is 0 Å². The monoisotopic (exact) mass is 402 g/mol. The fraction of sp³-hybridized carbons (Fsp3) is 0.381. The second kappa shape index (κ2) is 7.29. The maximum absolute atomic E-state index is 13.6. The topological polar surface area (TPSA) is 57.7 Å². The van der Waals surface area contributed by atoms with Gasteiger partial charge in [0.2, 0.25) is 10.0 Å². The lowest BCUT2D eigenvalue weighted by Crippen LogP contribution is -2.35. The molecule has 2 aromatic rings. The van der Waals surface area contributed by atoms with Crippen LogP contribution in [0.2, 0.25) is 0 Å². The molecule has 148 valence electrons. The molecule has 0 saturated carbocycles. The number of benzene rings is 2. The average Bonchev–Trinajstić information content (AvgIpc) is 3.13. The van der Waals surface area contributed by atoms with Gasteiger partial charge in [0.15, 0.2) is 0 Å². The summed E-state index contributed by atoms with van der Waals surface area (Å²) in [7, 11) is -3.51. The molecule has 1 saturated heterocycles. The van der Waals surface area contributed by atoms with Crippen molar-refractivity contribution < 1.29 is 17.6 Å². The Morgan fingerprint density at radius 1 is 1.00 bits per heavy atom. The molecule has 7 heteroatoms. The molecule has 0 spiro atoms. The van der Waals surface area contributed by atoms with Crippen molar-refractivity contribution >= 4 is 21.6 Å². The average molecular weight is 402 g/mol. The first kappa shape index (κ1) is 19.1. The first-order valence-corrected chi connectivity index (χ1v) is 11.0. The first-order chi connectivity index (χ1) is 13.4. The molecule has 1 fully saturated rings. The number of sulfonamides is 1. The van der Waals surface area contributed by atoms with E-state index in [0.29, 0.717) is 42.9 Å². The van der Waals surface area contributed by atoms with E-state index in [-0.39, 0.29) is 10.8 Å². The largest absolute Gasteiger partial charge is 0.308 e. The first-order valence-electron chi connectivity index (χ1n) is 9.59. The van der Waals surface area contributed by atoms with E-state index in [1.165, 1.54) is 12.1 Å². The van der Waals surface area contributed by atoms with Crippen LogP contribution in [0, 0.1) is 12.7 Å². The summed E-state index contributed by atoms with van der Waals surface area (Å²) < 4.78 is 41.0. The number of nitrogens with zero attached hydrogens (tertiary/aromatic N) is 2. The van der Waals surface area contributed by atoms with Crippen molar-refractivity contribution in [2.75, 3.05) is 24.5 Å². The highest BCUT2D eigenvalue weighted by atomic mass is 32.2. The lowest BCUT2D eigenvalue weighted by molar-refractivity contribution is 0.0988. The molecule has 28 heavy (non-hydrogen) atoms. The van der Waals surface area contributed by atoms with E-state index in [1.807, 2.05) is 0 Å². The second-order valence-electron chi connectivity index (χ2n) is 7.42. The van der Waals surface area contributed by atoms with Crippen LogP contribution in [-0.2, 0) is 16.4 Å². The zero-order chi connectivity index (χ0) is 19.9. The maximum atomic E-state index is 13.6. The highest BCUT2D eigenvalue weighted by molar-refractivity contribution is 7.89. The normalized spacial score (nSPS) is 17.6. The summed E-state index contributed by atoms with van der Waals surface area (Å²) >= 11 is 0. The van der Waals surface area contributed by atoms with Crippen molar-refractivity contribution in [1.82, 2.24) is 4.31 Å². The number of anilines is 1. The molecule has 0 N–H and O–H groups in total. The Kier molecular flexibility index (Phi) is 4.97. The number of carbonyl (C=O) groups excluding carboxylic acids is 1. The number of rotatable bonds is 3. The molecule has 0 aromatic heterocycles. The minimum atomic E-state index is -3.51. The van der Waals surface area contributed by atoms with Gasteiger partial charge in [-0.2, -0.15) is 4.31 Å². The summed E-state index contributed by atoms with van der Waals surface area (Å²) in [6.45, 7) is 3.35. The molecule has 0 bridgehead atoms. The Balaban J connectivity index is 1.63. The predicted octanol–water partition coefficient (Wildman–Crippen LogP) is 3.51. The number of halogens is 1. The van der Waals surface area contributed by atoms with E-state index in [0.717, 1.165) is 24.8 Å². The summed E-state index contributed by atoms with van der Waals surface area (Å²) in [6.07, 6.45) is 3.42. The summed E-state index contributed by atoms with van der Waals surface area (Å²) in [5, 5.41) is 0. The predicted molar refractivity (Wildman–Crippen MR) is 106 cm³/mol. The number of fused-ring (bicyclic) bond motifs is 1. The lowest BCUT2D eigenvalue weighted by atomic mass is 10.1. The van der Waals surface area contributed by atoms with Crippen molar-refractivity contribution in [3.8, 4) is 0 Å². The third kappa shape index (κ3) is 3.33. The van der Waals surface area contributed by atoms with Crippen molar-refractivity contribution in [2.45, 2.75) is 37.5 Å². The van der Waals surface area contributed by atoms with Crippen LogP contribution in [0.5, 0.6) is 0 Å². The van der Waals surface area contributed by atoms with Crippen LogP contribution in [0.4, 0.5) is 10.1 Å². The van der Waals surface area contributed by atoms with Gasteiger partial charge in [-0.05, 0) is 67.6 Å². The van der Waals surface area contributed by atoms with E-state index < -0.39 is 15.8 Å². The highest BCUT2D eigenvalue weighted by Gasteiger charge is 2.30. The smallest absolute Gasteiger partial charge is 0.258 e. The second-order valence-corrected chi connectivity index (χ2v) is 9.36. The van der Waals surface area contributed by atoms with Crippen LogP contribution in [0.15, 0.2) is 41.3 Å². The summed E-state index contributed by atoms with van der Waals surface area (Å²) in [5.74, 6) is -0.710. The molecule has 2 heterocycles. The zero-order valence-corrected chi connectivity index (χ0v) is 16.6. The third-order valence-corrected chi connectivity index (χ3v) is 7.47. The van der Waals surface area contributed by atoms with Crippen molar-refractivity contribution in [1.29, 1.82) is 0 Å². The SMILES string of the molecule is Cc1ccc(F)cc1C(=O)N1CCc2cc(S(=O)(=O)N3CCCCC3)ccc21. The Morgan fingerprint density at radius 2 is 1.75 bits per heavy atom. The van der Waals surface area contributed by atoms with E-state index in [1.54, 1.807) is 40.4 Å². The zero-order valence-electron chi connectivity index (χ0n) is 15.8. The van der Waals surface area contributed by atoms with Crippen LogP contribution >= 0.6 is 0 Å². The third-order valence-electron chi connectivity index (χ3n) is 5.57. The number of aryl methyl sites for hydroxylation is 1. The number of hydrogen-bond donors (Lipinski definition) is 0. The summed E-state index contributed by atoms with van der Waals surface area (Å²) in [4.78, 5) is 14.8. The fourth-order valence-electron chi connectivity index (χ4n) is 3.97. The molecule has 0 atom stereocenters. The van der Waals surface area contributed by atoms with Crippen LogP contribution < -0.4 is 4.90 Å². The van der Waals surface area contributed by atoms with Gasteiger partial charge < -0.3 is 4.90 Å². The number of hydrogen-bond acceptors (Lipinski definition) is 3. The van der Waals surface area contributed by atoms with Crippen LogP contribution in [0.25, 0.3) is 0 Å². The summed E-state index contributed by atoms with van der Waals surface area (Å²) in [6, 6.07) is 9.14. The quantitative estimate of drug-likeness (QED) is 0.789. The van der Waals surface area contributed by atoms with Crippen LogP contribution in [-0.4, -0.2) is 38.3 Å². The van der Waals surface area contributed by atoms with Gasteiger partial charge in [0.05, 0.1) is 4.90 Å². The Morgan fingerprint density at radius 3 is 2.50 bits per heavy atom. The minimum absolute atomic E-state index is 0.262. The molecular formula is C21H23FN2O3S. The molecule has 2 aliphatic heterocycles. The van der Waals surface area contributed by atoms with Crippen molar-refractivity contribution in [2.24, 2.45) is 0 Å². The number of amides is 1. The van der Waals surface area contributed by atoms with Crippen LogP contribution in [0.3, 0.4) is 0 Å². The minimum Gasteiger partial charge on any atom is -0.308 e. The number of carbonyl (C=O) groups is 1. The highest BCUT2D eigenvalue weighted by Crippen LogP contribution is 2.33. The van der Waals surface area contributed by atoms with Gasteiger partial charge in [-0.3, -0.25) is 4.79 Å². The molecule has 5 nitrogen and oxygen atoms in total. The molecule has 2 aliphatic rings. The molecular weight excluding hydrogens is 379 g/mol. The maximum Gasteiger partial charge on any atom is 0.258 e. The number of piperidine rings is 1. The van der Waals surface area contributed by atoms with E-state index in [9.17, 15) is 17.6 Å². The molecule has 0 unspecified atom stereocenters. The van der Waals surface area contributed by atoms with Gasteiger partial charge in [0.1, 0.15) is 5.82 Å². The Labute approximate surface area is 164 Å². The van der Waals surface area contributed by atoms with E-state index in [4.69, 9.17) is 0 Å². The fourth-order valence-corrected chi connectivity index (χ4v) is 5.54. The Hall–Kier alpha value is -2.25. The van der Waals surface area contributed by atoms with Crippen molar-refractivity contribution in [3.05, 3.63) is 58.9 Å². The molecule has 2 aromatic carbocycles. The molecule has 4 rings (SSSR count). The summed E-state index contributed by atoms with van der Waals surface area (Å²) in [5.41, 5.74) is 2.58. The van der Waals surface area contributed by atoms with Gasteiger partial charge in [-0.25, -0.2) is 12.8 Å². The van der Waals surface area contributed by atoms with Crippen molar-refractivity contribution in [3.63, 3.8) is 0 Å². The van der Waals surface area contributed by atoms with Gasteiger partial charge in [0.25, 0.3) is 5.91 Å². The van der Waals surface area contributed by atoms with Gasteiger partial charge in [-0.1, -0.05) is 12.5 Å². The molecule has 0 radical (unpaired) electrons. The Bertz CT molecular complexity index is 1030.